The average Bonchev–Trinajstić information content (AvgIpc) is 3.13. The Labute approximate surface area is 192 Å². The monoisotopic (exact) mass is 441 g/mol. The molecule has 3 heterocycles. The summed E-state index contributed by atoms with van der Waals surface area (Å²) in [6, 6.07) is 6.60. The summed E-state index contributed by atoms with van der Waals surface area (Å²) >= 11 is 0. The summed E-state index contributed by atoms with van der Waals surface area (Å²) in [5.41, 5.74) is 3.14. The zero-order valence-corrected chi connectivity index (χ0v) is 20.3. The lowest BCUT2D eigenvalue weighted by atomic mass is 10.0. The fourth-order valence-electron chi connectivity index (χ4n) is 4.07. The molecule has 1 saturated heterocycles. The van der Waals surface area contributed by atoms with Gasteiger partial charge in [-0.25, -0.2) is 14.7 Å². The number of hydrogen-bond acceptors (Lipinski definition) is 5. The Bertz CT molecular complexity index is 854. The van der Waals surface area contributed by atoms with E-state index in [1.807, 2.05) is 30.8 Å². The van der Waals surface area contributed by atoms with Gasteiger partial charge < -0.3 is 15.4 Å². The minimum atomic E-state index is 0.476. The molecule has 0 amide bonds. The van der Waals surface area contributed by atoms with Gasteiger partial charge in [-0.2, -0.15) is 5.10 Å². The molecule has 2 N–H and O–H groups in total. The number of nitrogens with one attached hydrogen (secondary N) is 2. The molecule has 1 fully saturated rings. The molecule has 176 valence electrons. The lowest BCUT2D eigenvalue weighted by Gasteiger charge is -2.35. The first-order chi connectivity index (χ1) is 15.5. The predicted octanol–water partition coefficient (Wildman–Crippen LogP) is 2.69. The van der Waals surface area contributed by atoms with Crippen LogP contribution in [0.3, 0.4) is 0 Å². The van der Waals surface area contributed by atoms with Gasteiger partial charge in [0, 0.05) is 44.1 Å². The van der Waals surface area contributed by atoms with Crippen molar-refractivity contribution in [1.29, 1.82) is 0 Å². The van der Waals surface area contributed by atoms with Crippen molar-refractivity contribution in [2.45, 2.75) is 53.6 Å². The number of guanidine groups is 1. The van der Waals surface area contributed by atoms with Crippen LogP contribution in [-0.2, 0) is 11.3 Å². The molecule has 1 aliphatic rings. The van der Waals surface area contributed by atoms with E-state index in [-0.39, 0.29) is 0 Å². The maximum atomic E-state index is 5.54. The van der Waals surface area contributed by atoms with Crippen molar-refractivity contribution >= 4 is 5.96 Å². The summed E-state index contributed by atoms with van der Waals surface area (Å²) in [6.07, 6.45) is 3.04. The number of aryl methyl sites for hydroxylation is 2. The van der Waals surface area contributed by atoms with Gasteiger partial charge in [0.15, 0.2) is 11.8 Å². The van der Waals surface area contributed by atoms with E-state index >= 15 is 0 Å². The van der Waals surface area contributed by atoms with Gasteiger partial charge >= 0.3 is 0 Å². The van der Waals surface area contributed by atoms with Crippen LogP contribution in [-0.4, -0.2) is 71.1 Å². The molecule has 2 aromatic rings. The van der Waals surface area contributed by atoms with Crippen molar-refractivity contribution in [1.82, 2.24) is 30.3 Å². The first-order valence-corrected chi connectivity index (χ1v) is 11.8. The number of aliphatic imine (C=N–C) groups is 1. The van der Waals surface area contributed by atoms with E-state index in [0.29, 0.717) is 18.5 Å². The number of rotatable bonds is 9. The summed E-state index contributed by atoms with van der Waals surface area (Å²) in [7, 11) is 0. The third-order valence-electron chi connectivity index (χ3n) is 5.61. The van der Waals surface area contributed by atoms with Gasteiger partial charge in [0.25, 0.3) is 0 Å². The number of morpholine rings is 1. The third kappa shape index (κ3) is 7.03. The minimum Gasteiger partial charge on any atom is -0.379 e. The van der Waals surface area contributed by atoms with E-state index in [4.69, 9.17) is 9.73 Å². The molecule has 0 aliphatic carbocycles. The Balaban J connectivity index is 1.61. The van der Waals surface area contributed by atoms with Gasteiger partial charge in [-0.15, -0.1) is 0 Å². The fraction of sp³-hybridized carbons (Fsp3) is 0.625. The Morgan fingerprint density at radius 3 is 2.56 bits per heavy atom. The highest BCUT2D eigenvalue weighted by molar-refractivity contribution is 5.79. The number of nitrogens with zero attached hydrogens (tertiary/aromatic N) is 5. The van der Waals surface area contributed by atoms with Gasteiger partial charge in [0.1, 0.15) is 0 Å². The second-order valence-electron chi connectivity index (χ2n) is 8.87. The second-order valence-corrected chi connectivity index (χ2v) is 8.87. The van der Waals surface area contributed by atoms with Crippen LogP contribution in [0.1, 0.15) is 44.1 Å². The quantitative estimate of drug-likeness (QED) is 0.460. The largest absolute Gasteiger partial charge is 0.379 e. The summed E-state index contributed by atoms with van der Waals surface area (Å²) in [5, 5.41) is 11.4. The molecule has 3 rings (SSSR count). The minimum absolute atomic E-state index is 0.476. The smallest absolute Gasteiger partial charge is 0.191 e. The van der Waals surface area contributed by atoms with E-state index in [1.54, 1.807) is 0 Å². The van der Waals surface area contributed by atoms with Gasteiger partial charge in [0.05, 0.1) is 25.5 Å². The number of pyridine rings is 1. The molecule has 8 heteroatoms. The van der Waals surface area contributed by atoms with Crippen LogP contribution >= 0.6 is 0 Å². The van der Waals surface area contributed by atoms with Crippen LogP contribution in [0.25, 0.3) is 5.82 Å². The highest BCUT2D eigenvalue weighted by Gasteiger charge is 2.22. The summed E-state index contributed by atoms with van der Waals surface area (Å²) < 4.78 is 7.41. The van der Waals surface area contributed by atoms with Crippen LogP contribution in [0.4, 0.5) is 0 Å². The van der Waals surface area contributed by atoms with Crippen LogP contribution in [0.5, 0.6) is 0 Å². The second kappa shape index (κ2) is 12.0. The molecular formula is C24H39N7O. The zero-order valence-electron chi connectivity index (χ0n) is 20.3. The van der Waals surface area contributed by atoms with Crippen molar-refractivity contribution < 1.29 is 4.74 Å². The topological polar surface area (TPSA) is 79.6 Å². The lowest BCUT2D eigenvalue weighted by molar-refractivity contribution is 0.0132. The highest BCUT2D eigenvalue weighted by Crippen LogP contribution is 2.13. The molecule has 8 nitrogen and oxygen atoms in total. The van der Waals surface area contributed by atoms with Crippen molar-refractivity contribution in [3.8, 4) is 5.82 Å². The van der Waals surface area contributed by atoms with Gasteiger partial charge in [0.2, 0.25) is 0 Å². The normalized spacial score (nSPS) is 16.4. The van der Waals surface area contributed by atoms with Crippen molar-refractivity contribution in [2.75, 3.05) is 39.4 Å². The summed E-state index contributed by atoms with van der Waals surface area (Å²) in [6.45, 7) is 16.6. The molecule has 1 atom stereocenters. The predicted molar refractivity (Wildman–Crippen MR) is 129 cm³/mol. The molecule has 32 heavy (non-hydrogen) atoms. The van der Waals surface area contributed by atoms with Crippen LogP contribution in [0.2, 0.25) is 0 Å². The maximum absolute atomic E-state index is 5.54. The molecule has 1 aliphatic heterocycles. The first-order valence-electron chi connectivity index (χ1n) is 11.8. The van der Waals surface area contributed by atoms with E-state index in [0.717, 1.165) is 74.5 Å². The van der Waals surface area contributed by atoms with E-state index in [1.165, 1.54) is 0 Å². The van der Waals surface area contributed by atoms with E-state index in [2.05, 4.69) is 58.5 Å². The molecule has 0 bridgehead atoms. The molecule has 2 aromatic heterocycles. The van der Waals surface area contributed by atoms with E-state index in [9.17, 15) is 0 Å². The Kier molecular flexibility index (Phi) is 9.05. The summed E-state index contributed by atoms with van der Waals surface area (Å²) in [5.74, 6) is 2.32. The molecule has 0 spiro atoms. The zero-order chi connectivity index (χ0) is 22.9. The third-order valence-corrected chi connectivity index (χ3v) is 5.61. The number of ether oxygens (including phenoxy) is 1. The Hall–Kier alpha value is -2.45. The number of aromatic nitrogens is 3. The average molecular weight is 442 g/mol. The lowest BCUT2D eigenvalue weighted by Crippen LogP contribution is -2.51. The number of hydrogen-bond donors (Lipinski definition) is 2. The molecule has 0 aromatic carbocycles. The van der Waals surface area contributed by atoms with Gasteiger partial charge in [-0.3, -0.25) is 4.90 Å². The molecular weight excluding hydrogens is 402 g/mol. The SMILES string of the molecule is CCNC(=NCc1ccc(-n2nc(C)cc2C)nc1)NCC(CC(C)C)N1CCOCC1. The maximum Gasteiger partial charge on any atom is 0.191 e. The van der Waals surface area contributed by atoms with Crippen LogP contribution in [0.15, 0.2) is 29.4 Å². The first kappa shape index (κ1) is 24.2. The summed E-state index contributed by atoms with van der Waals surface area (Å²) in [4.78, 5) is 11.9. The Morgan fingerprint density at radius 1 is 1.19 bits per heavy atom. The molecule has 0 saturated carbocycles. The highest BCUT2D eigenvalue weighted by atomic mass is 16.5. The van der Waals surface area contributed by atoms with Crippen molar-refractivity contribution in [3.63, 3.8) is 0 Å². The van der Waals surface area contributed by atoms with E-state index < -0.39 is 0 Å². The standard InChI is InChI=1S/C24H39N7O/c1-6-25-24(28-17-22(13-18(2)3)30-9-11-32-12-10-30)27-16-21-7-8-23(26-15-21)31-20(5)14-19(4)29-31/h7-8,14-15,18,22H,6,9-13,16-17H2,1-5H3,(H2,25,27,28). The Morgan fingerprint density at radius 2 is 1.97 bits per heavy atom. The van der Waals surface area contributed by atoms with Gasteiger partial charge in [-0.1, -0.05) is 19.9 Å². The van der Waals surface area contributed by atoms with Crippen LogP contribution in [0, 0.1) is 19.8 Å². The van der Waals surface area contributed by atoms with Crippen LogP contribution < -0.4 is 10.6 Å². The molecule has 0 radical (unpaired) electrons. The molecule has 1 unspecified atom stereocenters. The van der Waals surface area contributed by atoms with Gasteiger partial charge in [-0.05, 0) is 50.8 Å². The fourth-order valence-corrected chi connectivity index (χ4v) is 4.07. The van der Waals surface area contributed by atoms with Crippen molar-refractivity contribution in [2.24, 2.45) is 10.9 Å². The van der Waals surface area contributed by atoms with Crippen molar-refractivity contribution in [3.05, 3.63) is 41.3 Å².